The fourth-order valence-electron chi connectivity index (χ4n) is 1.91. The van der Waals surface area contributed by atoms with E-state index < -0.39 is 17.5 Å². The van der Waals surface area contributed by atoms with Crippen molar-refractivity contribution in [1.29, 1.82) is 0 Å². The number of nitrogens with one attached hydrogen (secondary N) is 2. The third kappa shape index (κ3) is 2.73. The van der Waals surface area contributed by atoms with E-state index in [0.29, 0.717) is 10.2 Å². The van der Waals surface area contributed by atoms with Crippen LogP contribution in [-0.2, 0) is 6.54 Å². The molecule has 0 atom stereocenters. The number of hydrogen-bond donors (Lipinski definition) is 2. The van der Waals surface area contributed by atoms with Crippen LogP contribution in [-0.4, -0.2) is 15.9 Å². The largest absolute Gasteiger partial charge is 0.347 e. The van der Waals surface area contributed by atoms with Crippen LogP contribution in [0.2, 0.25) is 0 Å². The van der Waals surface area contributed by atoms with E-state index in [1.807, 2.05) is 0 Å². The number of aromatic nitrogens is 2. The van der Waals surface area contributed by atoms with Gasteiger partial charge in [-0.15, -0.1) is 11.3 Å². The molecule has 0 unspecified atom stereocenters. The zero-order valence-corrected chi connectivity index (χ0v) is 11.8. The van der Waals surface area contributed by atoms with Crippen molar-refractivity contribution >= 4 is 27.5 Å². The van der Waals surface area contributed by atoms with Crippen molar-refractivity contribution in [3.63, 3.8) is 0 Å². The number of carbonyl (C=O) groups excluding carboxylic acids is 1. The van der Waals surface area contributed by atoms with E-state index in [2.05, 4.69) is 15.3 Å². The van der Waals surface area contributed by atoms with Gasteiger partial charge in [-0.3, -0.25) is 9.59 Å². The van der Waals surface area contributed by atoms with Gasteiger partial charge in [-0.25, -0.2) is 13.8 Å². The second kappa shape index (κ2) is 5.64. The highest BCUT2D eigenvalue weighted by Gasteiger charge is 2.11. The Bertz CT molecular complexity index is 920. The Hall–Kier alpha value is -2.61. The highest BCUT2D eigenvalue weighted by molar-refractivity contribution is 7.18. The maximum absolute atomic E-state index is 13.1. The predicted octanol–water partition coefficient (Wildman–Crippen LogP) is 2.19. The molecule has 2 heterocycles. The second-order valence-corrected chi connectivity index (χ2v) is 5.59. The maximum Gasteiger partial charge on any atom is 0.259 e. The van der Waals surface area contributed by atoms with Gasteiger partial charge in [0.25, 0.3) is 11.5 Å². The van der Waals surface area contributed by atoms with Gasteiger partial charge in [0.15, 0.2) is 11.6 Å². The van der Waals surface area contributed by atoms with E-state index in [1.54, 1.807) is 6.07 Å². The molecule has 2 aromatic heterocycles. The SMILES string of the molecule is O=C(NCc1cc2c(=O)[nH]cnc2s1)c1ccc(F)c(F)c1. The van der Waals surface area contributed by atoms with Gasteiger partial charge in [0.05, 0.1) is 18.3 Å². The second-order valence-electron chi connectivity index (χ2n) is 4.47. The molecule has 0 aliphatic rings. The molecule has 0 fully saturated rings. The molecule has 0 aliphatic heterocycles. The lowest BCUT2D eigenvalue weighted by Gasteiger charge is -2.03. The molecule has 3 rings (SSSR count). The van der Waals surface area contributed by atoms with Gasteiger partial charge in [-0.2, -0.15) is 0 Å². The molecular weight excluding hydrogens is 312 g/mol. The molecule has 0 bridgehead atoms. The van der Waals surface area contributed by atoms with Crippen molar-refractivity contribution < 1.29 is 13.6 Å². The first-order valence-corrected chi connectivity index (χ1v) is 7.05. The fraction of sp³-hybridized carbons (Fsp3) is 0.0714. The summed E-state index contributed by atoms with van der Waals surface area (Å²) in [6.45, 7) is 0.165. The number of rotatable bonds is 3. The van der Waals surface area contributed by atoms with Crippen LogP contribution < -0.4 is 10.9 Å². The molecule has 112 valence electrons. The summed E-state index contributed by atoms with van der Waals surface area (Å²) in [6.07, 6.45) is 1.31. The third-order valence-electron chi connectivity index (χ3n) is 2.99. The van der Waals surface area contributed by atoms with Crippen LogP contribution in [0.1, 0.15) is 15.2 Å². The standard InChI is InChI=1S/C14H9F2N3O2S/c15-10-2-1-7(3-11(10)16)12(20)17-5-8-4-9-13(21)18-6-19-14(9)22-8/h1-4,6H,5H2,(H,17,20)(H,18,19,21). The molecule has 0 spiro atoms. The molecule has 2 N–H and O–H groups in total. The number of aromatic amines is 1. The van der Waals surface area contributed by atoms with Crippen molar-refractivity contribution in [3.05, 3.63) is 63.0 Å². The Labute approximate surface area is 126 Å². The Morgan fingerprint density at radius 3 is 2.82 bits per heavy atom. The van der Waals surface area contributed by atoms with E-state index in [9.17, 15) is 18.4 Å². The highest BCUT2D eigenvalue weighted by Crippen LogP contribution is 2.20. The smallest absolute Gasteiger partial charge is 0.259 e. The summed E-state index contributed by atoms with van der Waals surface area (Å²) >= 11 is 1.27. The van der Waals surface area contributed by atoms with Crippen LogP contribution >= 0.6 is 11.3 Å². The minimum absolute atomic E-state index is 0.0241. The van der Waals surface area contributed by atoms with Gasteiger partial charge < -0.3 is 10.3 Å². The van der Waals surface area contributed by atoms with E-state index >= 15 is 0 Å². The summed E-state index contributed by atoms with van der Waals surface area (Å²) < 4.78 is 25.9. The Balaban J connectivity index is 1.75. The summed E-state index contributed by atoms with van der Waals surface area (Å²) in [5, 5.41) is 3.03. The number of thiophene rings is 1. The first kappa shape index (κ1) is 14.3. The number of H-pyrrole nitrogens is 1. The van der Waals surface area contributed by atoms with E-state index in [-0.39, 0.29) is 17.7 Å². The summed E-state index contributed by atoms with van der Waals surface area (Å²) in [4.78, 5) is 31.2. The van der Waals surface area contributed by atoms with Crippen molar-refractivity contribution in [3.8, 4) is 0 Å². The minimum atomic E-state index is -1.08. The quantitative estimate of drug-likeness (QED) is 0.776. The zero-order chi connectivity index (χ0) is 15.7. The van der Waals surface area contributed by atoms with Crippen molar-refractivity contribution in [2.24, 2.45) is 0 Å². The molecule has 0 saturated heterocycles. The number of carbonyl (C=O) groups is 1. The molecule has 0 radical (unpaired) electrons. The molecule has 0 saturated carbocycles. The topological polar surface area (TPSA) is 74.8 Å². The number of halogens is 2. The van der Waals surface area contributed by atoms with Gasteiger partial charge in [-0.05, 0) is 24.3 Å². The third-order valence-corrected chi connectivity index (χ3v) is 4.03. The lowest BCUT2D eigenvalue weighted by molar-refractivity contribution is 0.0950. The molecule has 5 nitrogen and oxygen atoms in total. The van der Waals surface area contributed by atoms with Crippen LogP contribution in [0.15, 0.2) is 35.4 Å². The molecule has 22 heavy (non-hydrogen) atoms. The summed E-state index contributed by atoms with van der Waals surface area (Å²) in [6, 6.07) is 4.57. The fourth-order valence-corrected chi connectivity index (χ4v) is 2.85. The summed E-state index contributed by atoms with van der Waals surface area (Å²) in [7, 11) is 0. The molecule has 1 amide bonds. The van der Waals surface area contributed by atoms with Crippen LogP contribution in [0, 0.1) is 11.6 Å². The Morgan fingerprint density at radius 2 is 2.09 bits per heavy atom. The van der Waals surface area contributed by atoms with Crippen LogP contribution in [0.25, 0.3) is 10.2 Å². The highest BCUT2D eigenvalue weighted by atomic mass is 32.1. The van der Waals surface area contributed by atoms with E-state index in [1.165, 1.54) is 23.7 Å². The monoisotopic (exact) mass is 321 g/mol. The molecule has 3 aromatic rings. The Kier molecular flexibility index (Phi) is 3.68. The van der Waals surface area contributed by atoms with Gasteiger partial charge in [0.1, 0.15) is 4.83 Å². The zero-order valence-electron chi connectivity index (χ0n) is 11.0. The van der Waals surface area contributed by atoms with Gasteiger partial charge in [0, 0.05) is 10.4 Å². The number of fused-ring (bicyclic) bond motifs is 1. The molecule has 8 heteroatoms. The number of benzene rings is 1. The van der Waals surface area contributed by atoms with Crippen molar-refractivity contribution in [2.45, 2.75) is 6.54 Å². The van der Waals surface area contributed by atoms with Crippen LogP contribution in [0.4, 0.5) is 8.78 Å². The average molecular weight is 321 g/mol. The maximum atomic E-state index is 13.1. The minimum Gasteiger partial charge on any atom is -0.347 e. The lowest BCUT2D eigenvalue weighted by atomic mass is 10.2. The summed E-state index contributed by atoms with van der Waals surface area (Å²) in [5.74, 6) is -2.62. The van der Waals surface area contributed by atoms with Gasteiger partial charge >= 0.3 is 0 Å². The number of hydrogen-bond acceptors (Lipinski definition) is 4. The average Bonchev–Trinajstić information content (AvgIpc) is 2.92. The predicted molar refractivity (Wildman–Crippen MR) is 77.8 cm³/mol. The molecular formula is C14H9F2N3O2S. The van der Waals surface area contributed by atoms with E-state index in [0.717, 1.165) is 17.0 Å². The normalized spacial score (nSPS) is 10.8. The number of amides is 1. The van der Waals surface area contributed by atoms with Crippen LogP contribution in [0.3, 0.4) is 0 Å². The number of nitrogens with zero attached hydrogens (tertiary/aromatic N) is 1. The van der Waals surface area contributed by atoms with Gasteiger partial charge in [0.2, 0.25) is 0 Å². The van der Waals surface area contributed by atoms with Crippen LogP contribution in [0.5, 0.6) is 0 Å². The lowest BCUT2D eigenvalue weighted by Crippen LogP contribution is -2.22. The van der Waals surface area contributed by atoms with Gasteiger partial charge in [-0.1, -0.05) is 0 Å². The van der Waals surface area contributed by atoms with E-state index in [4.69, 9.17) is 0 Å². The molecule has 1 aromatic carbocycles. The van der Waals surface area contributed by atoms with Crippen molar-refractivity contribution in [1.82, 2.24) is 15.3 Å². The Morgan fingerprint density at radius 1 is 1.27 bits per heavy atom. The summed E-state index contributed by atoms with van der Waals surface area (Å²) in [5.41, 5.74) is -0.226. The van der Waals surface area contributed by atoms with Crippen molar-refractivity contribution in [2.75, 3.05) is 0 Å². The molecule has 0 aliphatic carbocycles. The first-order chi connectivity index (χ1) is 10.5. The first-order valence-electron chi connectivity index (χ1n) is 6.24.